The number of hydrogen-bond donors (Lipinski definition) is 1. The van der Waals surface area contributed by atoms with Crippen LogP contribution in [0.15, 0.2) is 54.6 Å². The molecule has 0 saturated carbocycles. The molecule has 1 heterocycles. The highest BCUT2D eigenvalue weighted by atomic mass is 16.5. The molecule has 3 rings (SSSR count). The Kier molecular flexibility index (Phi) is 3.88. The third-order valence-corrected chi connectivity index (χ3v) is 3.59. The highest BCUT2D eigenvalue weighted by Gasteiger charge is 2.24. The Morgan fingerprint density at radius 2 is 1.80 bits per heavy atom. The molecule has 0 saturated heterocycles. The van der Waals surface area contributed by atoms with Crippen LogP contribution in [0.2, 0.25) is 0 Å². The molecule has 0 fully saturated rings. The smallest absolute Gasteiger partial charge is 0.143 e. The van der Waals surface area contributed by atoms with Gasteiger partial charge in [0.1, 0.15) is 11.9 Å². The molecule has 0 amide bonds. The summed E-state index contributed by atoms with van der Waals surface area (Å²) in [5, 5.41) is 9.14. The first kappa shape index (κ1) is 13.0. The van der Waals surface area contributed by atoms with Crippen molar-refractivity contribution >= 4 is 5.69 Å². The van der Waals surface area contributed by atoms with Crippen molar-refractivity contribution in [1.82, 2.24) is 0 Å². The lowest BCUT2D eigenvalue weighted by Gasteiger charge is -2.36. The van der Waals surface area contributed by atoms with Gasteiger partial charge in [0.05, 0.1) is 12.2 Å². The van der Waals surface area contributed by atoms with Gasteiger partial charge in [0.15, 0.2) is 0 Å². The molecular formula is C17H19NO2. The molecule has 1 aliphatic heterocycles. The zero-order chi connectivity index (χ0) is 13.8. The second-order valence-corrected chi connectivity index (χ2v) is 5.09. The lowest BCUT2D eigenvalue weighted by atomic mass is 10.1. The normalized spacial score (nSPS) is 17.4. The molecule has 1 atom stereocenters. The van der Waals surface area contributed by atoms with Gasteiger partial charge in [-0.1, -0.05) is 42.5 Å². The second kappa shape index (κ2) is 5.97. The van der Waals surface area contributed by atoms with Gasteiger partial charge in [-0.05, 0) is 17.7 Å². The molecule has 104 valence electrons. The van der Waals surface area contributed by atoms with Crippen molar-refractivity contribution in [2.45, 2.75) is 19.1 Å². The third-order valence-electron chi connectivity index (χ3n) is 3.59. The van der Waals surface area contributed by atoms with E-state index in [2.05, 4.69) is 35.2 Å². The van der Waals surface area contributed by atoms with E-state index in [1.165, 1.54) is 5.56 Å². The molecule has 2 aromatic carbocycles. The number of rotatable bonds is 4. The average molecular weight is 269 g/mol. The van der Waals surface area contributed by atoms with Crippen LogP contribution in [0.3, 0.4) is 0 Å². The Morgan fingerprint density at radius 1 is 1.05 bits per heavy atom. The lowest BCUT2D eigenvalue weighted by molar-refractivity contribution is 0.149. The van der Waals surface area contributed by atoms with Crippen molar-refractivity contribution in [1.29, 1.82) is 0 Å². The molecule has 20 heavy (non-hydrogen) atoms. The Hall–Kier alpha value is -2.00. The predicted octanol–water partition coefficient (Wildman–Crippen LogP) is 2.84. The Balaban J connectivity index is 1.85. The van der Waals surface area contributed by atoms with E-state index in [-0.39, 0.29) is 12.7 Å². The number of ether oxygens (including phenoxy) is 1. The van der Waals surface area contributed by atoms with Gasteiger partial charge in [0.2, 0.25) is 0 Å². The SMILES string of the molecule is OCCC1CN(Cc2ccccc2)c2ccccc2O1. The van der Waals surface area contributed by atoms with Crippen LogP contribution in [-0.4, -0.2) is 24.4 Å². The van der Waals surface area contributed by atoms with E-state index in [0.29, 0.717) is 6.42 Å². The number of aliphatic hydroxyl groups is 1. The van der Waals surface area contributed by atoms with Crippen LogP contribution in [0, 0.1) is 0 Å². The van der Waals surface area contributed by atoms with Crippen LogP contribution < -0.4 is 9.64 Å². The fourth-order valence-corrected chi connectivity index (χ4v) is 2.63. The first-order valence-corrected chi connectivity index (χ1v) is 7.02. The fraction of sp³-hybridized carbons (Fsp3) is 0.294. The van der Waals surface area contributed by atoms with Crippen LogP contribution >= 0.6 is 0 Å². The van der Waals surface area contributed by atoms with Gasteiger partial charge in [-0.2, -0.15) is 0 Å². The number of hydrogen-bond acceptors (Lipinski definition) is 3. The van der Waals surface area contributed by atoms with Gasteiger partial charge < -0.3 is 14.7 Å². The molecule has 3 heteroatoms. The van der Waals surface area contributed by atoms with Crippen molar-refractivity contribution in [3.05, 3.63) is 60.2 Å². The first-order valence-electron chi connectivity index (χ1n) is 7.02. The lowest BCUT2D eigenvalue weighted by Crippen LogP contribution is -2.40. The standard InChI is InChI=1S/C17H19NO2/c19-11-10-15-13-18(12-14-6-2-1-3-7-14)16-8-4-5-9-17(16)20-15/h1-9,15,19H,10-13H2. The predicted molar refractivity (Wildman–Crippen MR) is 80.1 cm³/mol. The maximum absolute atomic E-state index is 9.14. The van der Waals surface area contributed by atoms with Crippen molar-refractivity contribution in [2.24, 2.45) is 0 Å². The maximum Gasteiger partial charge on any atom is 0.143 e. The quantitative estimate of drug-likeness (QED) is 0.926. The Bertz CT molecular complexity index is 556. The summed E-state index contributed by atoms with van der Waals surface area (Å²) in [5.74, 6) is 0.910. The van der Waals surface area contributed by atoms with E-state index in [1.54, 1.807) is 0 Å². The number of anilines is 1. The zero-order valence-electron chi connectivity index (χ0n) is 11.4. The first-order chi connectivity index (χ1) is 9.86. The number of benzene rings is 2. The van der Waals surface area contributed by atoms with Gasteiger partial charge in [-0.25, -0.2) is 0 Å². The molecular weight excluding hydrogens is 250 g/mol. The topological polar surface area (TPSA) is 32.7 Å². The van der Waals surface area contributed by atoms with Crippen molar-refractivity contribution in [3.63, 3.8) is 0 Å². The largest absolute Gasteiger partial charge is 0.486 e. The Labute approximate surface area is 119 Å². The molecule has 3 nitrogen and oxygen atoms in total. The maximum atomic E-state index is 9.14. The van der Waals surface area contributed by atoms with Crippen LogP contribution in [0.1, 0.15) is 12.0 Å². The Morgan fingerprint density at radius 3 is 2.60 bits per heavy atom. The van der Waals surface area contributed by atoms with Crippen LogP contribution in [0.5, 0.6) is 5.75 Å². The average Bonchev–Trinajstić information content (AvgIpc) is 2.49. The molecule has 0 spiro atoms. The van der Waals surface area contributed by atoms with Gasteiger partial charge in [-0.3, -0.25) is 0 Å². The molecule has 0 aliphatic carbocycles. The zero-order valence-corrected chi connectivity index (χ0v) is 11.4. The van der Waals surface area contributed by atoms with E-state index in [4.69, 9.17) is 9.84 Å². The van der Waals surface area contributed by atoms with Crippen LogP contribution in [-0.2, 0) is 6.54 Å². The monoisotopic (exact) mass is 269 g/mol. The highest BCUT2D eigenvalue weighted by Crippen LogP contribution is 2.34. The van der Waals surface area contributed by atoms with E-state index < -0.39 is 0 Å². The summed E-state index contributed by atoms with van der Waals surface area (Å²) < 4.78 is 5.94. The second-order valence-electron chi connectivity index (χ2n) is 5.09. The van der Waals surface area contributed by atoms with Crippen LogP contribution in [0.4, 0.5) is 5.69 Å². The highest BCUT2D eigenvalue weighted by molar-refractivity contribution is 5.60. The molecule has 0 bridgehead atoms. The summed E-state index contributed by atoms with van der Waals surface area (Å²) >= 11 is 0. The van der Waals surface area contributed by atoms with Gasteiger partial charge >= 0.3 is 0 Å². The number of para-hydroxylation sites is 2. The minimum atomic E-state index is 0.0543. The minimum absolute atomic E-state index is 0.0543. The van der Waals surface area contributed by atoms with E-state index in [9.17, 15) is 0 Å². The summed E-state index contributed by atoms with van der Waals surface area (Å²) in [6, 6.07) is 18.5. The molecule has 1 N–H and O–H groups in total. The molecule has 2 aromatic rings. The summed E-state index contributed by atoms with van der Waals surface area (Å²) in [6.07, 6.45) is 0.721. The minimum Gasteiger partial charge on any atom is -0.486 e. The van der Waals surface area contributed by atoms with Crippen molar-refractivity contribution < 1.29 is 9.84 Å². The summed E-state index contributed by atoms with van der Waals surface area (Å²) in [7, 11) is 0. The van der Waals surface area contributed by atoms with Gasteiger partial charge in [-0.15, -0.1) is 0 Å². The van der Waals surface area contributed by atoms with Gasteiger partial charge in [0, 0.05) is 19.6 Å². The van der Waals surface area contributed by atoms with Crippen LogP contribution in [0.25, 0.3) is 0 Å². The number of nitrogens with zero attached hydrogens (tertiary/aromatic N) is 1. The van der Waals surface area contributed by atoms with Crippen molar-refractivity contribution in [3.8, 4) is 5.75 Å². The van der Waals surface area contributed by atoms with E-state index in [0.717, 1.165) is 24.5 Å². The van der Waals surface area contributed by atoms with E-state index in [1.807, 2.05) is 24.3 Å². The fourth-order valence-electron chi connectivity index (χ4n) is 2.63. The number of fused-ring (bicyclic) bond motifs is 1. The third kappa shape index (κ3) is 2.78. The van der Waals surface area contributed by atoms with Crippen molar-refractivity contribution in [2.75, 3.05) is 18.1 Å². The molecule has 1 aliphatic rings. The molecule has 0 aromatic heterocycles. The summed E-state index contributed by atoms with van der Waals surface area (Å²) in [4.78, 5) is 2.33. The number of aliphatic hydroxyl groups excluding tert-OH is 1. The van der Waals surface area contributed by atoms with E-state index >= 15 is 0 Å². The molecule has 0 radical (unpaired) electrons. The summed E-state index contributed by atoms with van der Waals surface area (Å²) in [6.45, 7) is 1.83. The molecule has 1 unspecified atom stereocenters. The van der Waals surface area contributed by atoms with Gasteiger partial charge in [0.25, 0.3) is 0 Å². The summed E-state index contributed by atoms with van der Waals surface area (Å²) in [5.41, 5.74) is 2.41.